The first-order chi connectivity index (χ1) is 9.53. The molecular weight excluding hydrogens is 244 g/mol. The van der Waals surface area contributed by atoms with Crippen molar-refractivity contribution < 1.29 is 5.11 Å². The van der Waals surface area contributed by atoms with Crippen molar-refractivity contribution in [3.05, 3.63) is 24.3 Å². The van der Waals surface area contributed by atoms with Crippen LogP contribution in [0.1, 0.15) is 52.4 Å². The number of fused-ring (bicyclic) bond motifs is 5. The van der Waals surface area contributed by atoms with Crippen LogP contribution in [0.15, 0.2) is 24.3 Å². The lowest BCUT2D eigenvalue weighted by Crippen LogP contribution is -2.51. The van der Waals surface area contributed by atoms with Crippen LogP contribution in [0.5, 0.6) is 0 Å². The Morgan fingerprint density at radius 1 is 0.950 bits per heavy atom. The first kappa shape index (κ1) is 13.1. The maximum atomic E-state index is 10.8. The molecule has 110 valence electrons. The predicted molar refractivity (Wildman–Crippen MR) is 82.2 cm³/mol. The first-order valence-electron chi connectivity index (χ1n) is 8.60. The summed E-state index contributed by atoms with van der Waals surface area (Å²) in [6.07, 6.45) is 17.3. The third-order valence-electron chi connectivity index (χ3n) is 7.57. The largest absolute Gasteiger partial charge is 0.390 e. The standard InChI is InChI=1S/C19H28O/c1-18-11-9-15-14-6-4-3-5-13(14)7-8-16(15)17(18)10-12-19(18,2)20/h3,5,7-8,13-17,20H,4,6,9-12H2,1-2H3/t13?,14-,15?,16?,17?,18-,19-/m0/s1. The van der Waals surface area contributed by atoms with Crippen LogP contribution in [-0.2, 0) is 0 Å². The van der Waals surface area contributed by atoms with Crippen molar-refractivity contribution in [3.63, 3.8) is 0 Å². The van der Waals surface area contributed by atoms with E-state index in [1.807, 2.05) is 0 Å². The summed E-state index contributed by atoms with van der Waals surface area (Å²) in [6, 6.07) is 0. The Hall–Kier alpha value is -0.560. The van der Waals surface area contributed by atoms with E-state index in [1.54, 1.807) is 0 Å². The molecule has 1 N–H and O–H groups in total. The highest BCUT2D eigenvalue weighted by Gasteiger charge is 2.59. The summed E-state index contributed by atoms with van der Waals surface area (Å²) in [4.78, 5) is 0. The van der Waals surface area contributed by atoms with Gasteiger partial charge in [0.05, 0.1) is 5.60 Å². The number of hydrogen-bond donors (Lipinski definition) is 1. The Bertz CT molecular complexity index is 460. The lowest BCUT2D eigenvalue weighted by atomic mass is 9.52. The molecule has 4 unspecified atom stereocenters. The van der Waals surface area contributed by atoms with E-state index in [0.717, 1.165) is 24.2 Å². The van der Waals surface area contributed by atoms with Crippen molar-refractivity contribution in [3.8, 4) is 0 Å². The molecule has 0 aromatic heterocycles. The van der Waals surface area contributed by atoms with Gasteiger partial charge < -0.3 is 5.11 Å². The van der Waals surface area contributed by atoms with Crippen LogP contribution >= 0.6 is 0 Å². The smallest absolute Gasteiger partial charge is 0.0676 e. The summed E-state index contributed by atoms with van der Waals surface area (Å²) in [7, 11) is 0. The highest BCUT2D eigenvalue weighted by Crippen LogP contribution is 2.63. The molecule has 0 aromatic carbocycles. The molecule has 7 atom stereocenters. The van der Waals surface area contributed by atoms with Gasteiger partial charge in [0.25, 0.3) is 0 Å². The Kier molecular flexibility index (Phi) is 2.77. The Morgan fingerprint density at radius 2 is 1.80 bits per heavy atom. The van der Waals surface area contributed by atoms with Crippen LogP contribution in [-0.4, -0.2) is 10.7 Å². The molecule has 20 heavy (non-hydrogen) atoms. The Morgan fingerprint density at radius 3 is 2.65 bits per heavy atom. The van der Waals surface area contributed by atoms with E-state index in [4.69, 9.17) is 0 Å². The monoisotopic (exact) mass is 272 g/mol. The minimum atomic E-state index is -0.445. The third kappa shape index (κ3) is 1.59. The fourth-order valence-corrected chi connectivity index (χ4v) is 6.09. The van der Waals surface area contributed by atoms with Gasteiger partial charge in [0, 0.05) is 0 Å². The Balaban J connectivity index is 1.69. The molecule has 0 aliphatic heterocycles. The summed E-state index contributed by atoms with van der Waals surface area (Å²) >= 11 is 0. The van der Waals surface area contributed by atoms with Crippen LogP contribution in [0.25, 0.3) is 0 Å². The second-order valence-corrected chi connectivity index (χ2v) is 8.25. The predicted octanol–water partition coefficient (Wildman–Crippen LogP) is 4.33. The highest BCUT2D eigenvalue weighted by atomic mass is 16.3. The lowest BCUT2D eigenvalue weighted by Gasteiger charge is -2.54. The Labute approximate surface area is 123 Å². The fraction of sp³-hybridized carbons (Fsp3) is 0.789. The molecule has 0 saturated heterocycles. The van der Waals surface area contributed by atoms with E-state index in [-0.39, 0.29) is 5.41 Å². The fourth-order valence-electron chi connectivity index (χ4n) is 6.09. The molecule has 0 heterocycles. The summed E-state index contributed by atoms with van der Waals surface area (Å²) < 4.78 is 0. The molecule has 2 saturated carbocycles. The summed E-state index contributed by atoms with van der Waals surface area (Å²) in [6.45, 7) is 4.45. The molecule has 1 nitrogen and oxygen atoms in total. The van der Waals surface area contributed by atoms with E-state index in [9.17, 15) is 5.11 Å². The van der Waals surface area contributed by atoms with Gasteiger partial charge in [-0.1, -0.05) is 31.2 Å². The zero-order valence-electron chi connectivity index (χ0n) is 12.9. The van der Waals surface area contributed by atoms with Gasteiger partial charge >= 0.3 is 0 Å². The van der Waals surface area contributed by atoms with Crippen molar-refractivity contribution in [2.75, 3.05) is 0 Å². The molecule has 4 aliphatic carbocycles. The summed E-state index contributed by atoms with van der Waals surface area (Å²) in [5.74, 6) is 3.90. The summed E-state index contributed by atoms with van der Waals surface area (Å²) in [5.41, 5.74) is -0.296. The molecule has 0 aromatic rings. The van der Waals surface area contributed by atoms with Crippen LogP contribution in [0.4, 0.5) is 0 Å². The van der Waals surface area contributed by atoms with Gasteiger partial charge in [-0.15, -0.1) is 0 Å². The topological polar surface area (TPSA) is 20.2 Å². The molecule has 0 bridgehead atoms. The van der Waals surface area contributed by atoms with Crippen molar-refractivity contribution >= 4 is 0 Å². The van der Waals surface area contributed by atoms with E-state index in [1.165, 1.54) is 32.1 Å². The second kappa shape index (κ2) is 4.22. The van der Waals surface area contributed by atoms with Crippen LogP contribution in [0, 0.1) is 35.0 Å². The normalized spacial score (nSPS) is 57.0. The van der Waals surface area contributed by atoms with Gasteiger partial charge in [-0.2, -0.15) is 0 Å². The van der Waals surface area contributed by atoms with Gasteiger partial charge in [-0.3, -0.25) is 0 Å². The van der Waals surface area contributed by atoms with Crippen molar-refractivity contribution in [1.29, 1.82) is 0 Å². The molecule has 1 heteroatoms. The quantitative estimate of drug-likeness (QED) is 0.651. The number of aliphatic hydroxyl groups is 1. The van der Waals surface area contributed by atoms with Gasteiger partial charge in [0.1, 0.15) is 0 Å². The average Bonchev–Trinajstić information content (AvgIpc) is 2.69. The van der Waals surface area contributed by atoms with Crippen LogP contribution < -0.4 is 0 Å². The average molecular weight is 272 g/mol. The zero-order chi connectivity index (χ0) is 14.0. The molecule has 4 rings (SSSR count). The van der Waals surface area contributed by atoms with Gasteiger partial charge in [-0.05, 0) is 80.5 Å². The molecule has 2 fully saturated rings. The molecule has 0 radical (unpaired) electrons. The van der Waals surface area contributed by atoms with Crippen LogP contribution in [0.2, 0.25) is 0 Å². The van der Waals surface area contributed by atoms with E-state index in [0.29, 0.717) is 11.8 Å². The van der Waals surface area contributed by atoms with Gasteiger partial charge in [0.2, 0.25) is 0 Å². The minimum Gasteiger partial charge on any atom is -0.390 e. The van der Waals surface area contributed by atoms with Crippen molar-refractivity contribution in [2.24, 2.45) is 35.0 Å². The van der Waals surface area contributed by atoms with Gasteiger partial charge in [-0.25, -0.2) is 0 Å². The maximum Gasteiger partial charge on any atom is 0.0676 e. The molecule has 4 aliphatic rings. The third-order valence-corrected chi connectivity index (χ3v) is 7.57. The highest BCUT2D eigenvalue weighted by molar-refractivity contribution is 5.20. The molecule has 0 amide bonds. The SMILES string of the molecule is C[C@]1(O)CCC2C3C=CC4C=CCC[C@@H]4C3CC[C@@]21C. The lowest BCUT2D eigenvalue weighted by molar-refractivity contribution is -0.0982. The number of hydrogen-bond acceptors (Lipinski definition) is 1. The summed E-state index contributed by atoms with van der Waals surface area (Å²) in [5, 5.41) is 10.8. The zero-order valence-corrected chi connectivity index (χ0v) is 12.9. The first-order valence-corrected chi connectivity index (χ1v) is 8.60. The van der Waals surface area contributed by atoms with Crippen LogP contribution in [0.3, 0.4) is 0 Å². The minimum absolute atomic E-state index is 0.149. The van der Waals surface area contributed by atoms with Crippen molar-refractivity contribution in [2.45, 2.75) is 58.0 Å². The maximum absolute atomic E-state index is 10.8. The van der Waals surface area contributed by atoms with E-state index >= 15 is 0 Å². The molecular formula is C19H28O. The van der Waals surface area contributed by atoms with Crippen molar-refractivity contribution in [1.82, 2.24) is 0 Å². The second-order valence-electron chi connectivity index (χ2n) is 8.25. The number of rotatable bonds is 0. The van der Waals surface area contributed by atoms with Gasteiger partial charge in [0.15, 0.2) is 0 Å². The van der Waals surface area contributed by atoms with E-state index in [2.05, 4.69) is 38.2 Å². The number of allylic oxidation sites excluding steroid dienone is 4. The molecule has 0 spiro atoms. The van der Waals surface area contributed by atoms with E-state index < -0.39 is 5.60 Å².